The molecule has 7 heteroatoms. The van der Waals surface area contributed by atoms with Gasteiger partial charge in [0.15, 0.2) is 0 Å². The molecule has 8 rings (SSSR count). The zero-order chi connectivity index (χ0) is 27.5. The van der Waals surface area contributed by atoms with Crippen molar-refractivity contribution in [1.29, 1.82) is 0 Å². The van der Waals surface area contributed by atoms with Crippen LogP contribution in [-0.4, -0.2) is 19.1 Å². The van der Waals surface area contributed by atoms with Crippen molar-refractivity contribution in [3.63, 3.8) is 0 Å². The number of aryl methyl sites for hydroxylation is 1. The third-order valence-corrected chi connectivity index (χ3v) is 7.69. The molecule has 7 aromatic rings. The number of ether oxygens (including phenoxy) is 1. The van der Waals surface area contributed by atoms with Crippen molar-refractivity contribution in [2.75, 3.05) is 4.90 Å². The first-order valence-corrected chi connectivity index (χ1v) is 13.5. The molecule has 4 aromatic carbocycles. The fourth-order valence-electron chi connectivity index (χ4n) is 5.61. The molecule has 6 nitrogen and oxygen atoms in total. The fourth-order valence-corrected chi connectivity index (χ4v) is 5.61. The van der Waals surface area contributed by atoms with Crippen LogP contribution in [0.15, 0.2) is 103 Å². The summed E-state index contributed by atoms with van der Waals surface area (Å²) in [5.74, 6) is 3.00. The van der Waals surface area contributed by atoms with Crippen LogP contribution < -0.4 is 9.64 Å². The molecule has 0 spiro atoms. The first kappa shape index (κ1) is 26.1. The summed E-state index contributed by atoms with van der Waals surface area (Å²) in [6, 6.07) is 39.6. The van der Waals surface area contributed by atoms with Gasteiger partial charge < -0.3 is 23.8 Å². The summed E-state index contributed by atoms with van der Waals surface area (Å²) in [6.07, 6.45) is 1.81. The minimum Gasteiger partial charge on any atom is -0.509 e. The summed E-state index contributed by atoms with van der Waals surface area (Å²) in [7, 11) is 0. The van der Waals surface area contributed by atoms with Gasteiger partial charge in [-0.25, -0.2) is 4.98 Å². The molecule has 0 saturated heterocycles. The van der Waals surface area contributed by atoms with Gasteiger partial charge in [-0.05, 0) is 54.5 Å². The second kappa shape index (κ2) is 10.2. The van der Waals surface area contributed by atoms with Crippen molar-refractivity contribution in [2.24, 2.45) is 0 Å². The number of rotatable bonds is 4. The average Bonchev–Trinajstić information content (AvgIpc) is 3.50. The van der Waals surface area contributed by atoms with Crippen LogP contribution in [0.2, 0.25) is 0 Å². The van der Waals surface area contributed by atoms with Gasteiger partial charge >= 0.3 is 0 Å². The molecule has 0 bridgehead atoms. The second-order valence-corrected chi connectivity index (χ2v) is 10.1. The Morgan fingerprint density at radius 1 is 0.762 bits per heavy atom. The summed E-state index contributed by atoms with van der Waals surface area (Å²) in [6.45, 7) is 6.21. The molecular formula is C35H24N5OPt-3. The van der Waals surface area contributed by atoms with Gasteiger partial charge in [0, 0.05) is 55.8 Å². The first-order chi connectivity index (χ1) is 20.2. The van der Waals surface area contributed by atoms with Gasteiger partial charge in [0.1, 0.15) is 5.82 Å². The Kier molecular flexibility index (Phi) is 6.36. The number of imidazole rings is 1. The predicted molar refractivity (Wildman–Crippen MR) is 162 cm³/mol. The number of nitrogens with zero attached hydrogens (tertiary/aromatic N) is 5. The van der Waals surface area contributed by atoms with E-state index >= 15 is 0 Å². The number of para-hydroxylation sites is 2. The predicted octanol–water partition coefficient (Wildman–Crippen LogP) is 8.17. The molecule has 0 saturated carbocycles. The summed E-state index contributed by atoms with van der Waals surface area (Å²) in [4.78, 5) is 11.6. The van der Waals surface area contributed by atoms with Gasteiger partial charge in [0.25, 0.3) is 0 Å². The Morgan fingerprint density at radius 2 is 1.57 bits per heavy atom. The first-order valence-electron chi connectivity index (χ1n) is 13.5. The largest absolute Gasteiger partial charge is 0.509 e. The number of hydrogen-bond donors (Lipinski definition) is 0. The molecule has 0 fully saturated rings. The molecule has 1 aliphatic heterocycles. The molecule has 1 aliphatic rings. The maximum Gasteiger partial charge on any atom is 0.135 e. The zero-order valence-corrected chi connectivity index (χ0v) is 25.1. The number of fused-ring (bicyclic) bond motifs is 6. The van der Waals surface area contributed by atoms with E-state index in [0.29, 0.717) is 11.5 Å². The number of benzene rings is 4. The van der Waals surface area contributed by atoms with Crippen LogP contribution in [0.25, 0.3) is 39.0 Å². The Morgan fingerprint density at radius 3 is 2.45 bits per heavy atom. The number of anilines is 2. The van der Waals surface area contributed by atoms with Crippen molar-refractivity contribution >= 4 is 33.2 Å². The van der Waals surface area contributed by atoms with Gasteiger partial charge in [-0.2, -0.15) is 12.1 Å². The third-order valence-electron chi connectivity index (χ3n) is 7.69. The van der Waals surface area contributed by atoms with E-state index in [-0.39, 0.29) is 21.1 Å². The molecule has 208 valence electrons. The molecule has 0 aliphatic carbocycles. The smallest absolute Gasteiger partial charge is 0.135 e. The van der Waals surface area contributed by atoms with Crippen molar-refractivity contribution in [3.05, 3.63) is 133 Å². The van der Waals surface area contributed by atoms with Crippen molar-refractivity contribution in [2.45, 2.75) is 13.8 Å². The van der Waals surface area contributed by atoms with Crippen LogP contribution in [0.3, 0.4) is 0 Å². The normalized spacial score (nSPS) is 12.0. The quantitative estimate of drug-likeness (QED) is 0.172. The number of hydrogen-bond acceptors (Lipinski definition) is 4. The van der Waals surface area contributed by atoms with E-state index in [0.717, 1.165) is 61.8 Å². The van der Waals surface area contributed by atoms with Crippen molar-refractivity contribution < 1.29 is 25.8 Å². The maximum absolute atomic E-state index is 6.39. The minimum atomic E-state index is 0. The zero-order valence-electron chi connectivity index (χ0n) is 22.9. The van der Waals surface area contributed by atoms with Crippen LogP contribution in [0.5, 0.6) is 11.5 Å². The number of pyridine rings is 1. The van der Waals surface area contributed by atoms with E-state index in [2.05, 4.69) is 81.1 Å². The molecule has 4 heterocycles. The van der Waals surface area contributed by atoms with Gasteiger partial charge in [0.2, 0.25) is 0 Å². The third kappa shape index (κ3) is 4.10. The second-order valence-electron chi connectivity index (χ2n) is 10.1. The molecule has 42 heavy (non-hydrogen) atoms. The molecule has 0 radical (unpaired) electrons. The van der Waals surface area contributed by atoms with Crippen LogP contribution in [0.1, 0.15) is 11.4 Å². The molecule has 0 amide bonds. The van der Waals surface area contributed by atoms with Gasteiger partial charge in [-0.3, -0.25) is 0 Å². The molecule has 0 atom stereocenters. The summed E-state index contributed by atoms with van der Waals surface area (Å²) in [5.41, 5.74) is 7.11. The van der Waals surface area contributed by atoms with Crippen LogP contribution in [0, 0.1) is 32.6 Å². The summed E-state index contributed by atoms with van der Waals surface area (Å²) in [5, 5.41) is 2.24. The standard InChI is InChI=1S/C35H24N5O.Pt/c1-23-24(2)38-22-39(31-14-5-4-13-30(31)35(38)37-23)25-10-9-11-26(20-25)41-27-17-18-29-28-12-3-6-15-32(28)40(33(29)21-27)34-16-7-8-19-36-34;/h3-19,22H,1-2H3;/q-3;. The average molecular weight is 726 g/mol. The fraction of sp³-hybridized carbons (Fsp3) is 0.0571. The van der Waals surface area contributed by atoms with Crippen LogP contribution in [-0.2, 0) is 21.1 Å². The monoisotopic (exact) mass is 725 g/mol. The van der Waals surface area contributed by atoms with E-state index in [9.17, 15) is 0 Å². The Labute approximate surface area is 258 Å². The van der Waals surface area contributed by atoms with Gasteiger partial charge in [0.05, 0.1) is 0 Å². The van der Waals surface area contributed by atoms with Gasteiger partial charge in [-0.1, -0.05) is 66.3 Å². The molecular weight excluding hydrogens is 701 g/mol. The summed E-state index contributed by atoms with van der Waals surface area (Å²) < 4.78 is 10.7. The minimum absolute atomic E-state index is 0. The van der Waals surface area contributed by atoms with Crippen LogP contribution in [0.4, 0.5) is 11.4 Å². The summed E-state index contributed by atoms with van der Waals surface area (Å²) >= 11 is 0. The van der Waals surface area contributed by atoms with E-state index in [1.165, 1.54) is 0 Å². The van der Waals surface area contributed by atoms with Crippen molar-refractivity contribution in [3.8, 4) is 28.7 Å². The molecule has 0 N–H and O–H groups in total. The molecule has 3 aromatic heterocycles. The van der Waals surface area contributed by atoms with Crippen molar-refractivity contribution in [1.82, 2.24) is 19.1 Å². The van der Waals surface area contributed by atoms with E-state index < -0.39 is 0 Å². The van der Waals surface area contributed by atoms with Crippen LogP contribution >= 0.6 is 0 Å². The Bertz CT molecular complexity index is 2100. The topological polar surface area (TPSA) is 48.1 Å². The van der Waals surface area contributed by atoms with E-state index in [1.54, 1.807) is 0 Å². The maximum atomic E-state index is 6.39. The Balaban J connectivity index is 0.00000288. The van der Waals surface area contributed by atoms with Gasteiger partial charge in [-0.15, -0.1) is 35.7 Å². The van der Waals surface area contributed by atoms with E-state index in [4.69, 9.17) is 9.72 Å². The molecule has 0 unspecified atom stereocenters. The number of aromatic nitrogens is 4. The Hall–Kier alpha value is -4.80. The van der Waals surface area contributed by atoms with E-state index in [1.807, 2.05) is 73.8 Å². The SMILES string of the molecule is Cc1nc2n(c1C)[CH-]N(c1[c-]c(Oc3[c-]c4c(cc3)c3ccccc3n4-c3ccccn3)ccc1)c1ccccc1-2.[Pt].